The minimum atomic E-state index is -4.42. The largest absolute Gasteiger partial charge is 0.416 e. The van der Waals surface area contributed by atoms with Crippen LogP contribution in [0.2, 0.25) is 0 Å². The highest BCUT2D eigenvalue weighted by Crippen LogP contribution is 2.32. The van der Waals surface area contributed by atoms with Crippen LogP contribution in [0.5, 0.6) is 0 Å². The Bertz CT molecular complexity index is 1270. The number of H-pyrrole nitrogens is 1. The first-order chi connectivity index (χ1) is 17.2. The maximum absolute atomic E-state index is 12.9. The summed E-state index contributed by atoms with van der Waals surface area (Å²) in [5, 5.41) is 18.7. The lowest BCUT2D eigenvalue weighted by atomic mass is 10.1. The average Bonchev–Trinajstić information content (AvgIpc) is 3.45. The van der Waals surface area contributed by atoms with E-state index in [0.717, 1.165) is 34.2 Å². The number of anilines is 2. The number of nitrogens with one attached hydrogen (secondary N) is 2. The molecule has 3 N–H and O–H groups in total. The van der Waals surface area contributed by atoms with Gasteiger partial charge in [0.05, 0.1) is 23.5 Å². The summed E-state index contributed by atoms with van der Waals surface area (Å²) in [6.45, 7) is 6.74. The van der Waals surface area contributed by atoms with Gasteiger partial charge in [0.25, 0.3) is 0 Å². The first kappa shape index (κ1) is 25.4. The number of aromatic nitrogens is 1. The summed E-state index contributed by atoms with van der Waals surface area (Å²) >= 11 is 0. The number of carbonyl (C=O) groups excluding carboxylic acids is 1. The zero-order chi connectivity index (χ0) is 25.9. The van der Waals surface area contributed by atoms with Crippen LogP contribution in [0.1, 0.15) is 24.5 Å². The second-order valence-electron chi connectivity index (χ2n) is 8.34. The fourth-order valence-electron chi connectivity index (χ4n) is 3.90. The lowest BCUT2D eigenvalue weighted by molar-refractivity contribution is -0.137. The lowest BCUT2D eigenvalue weighted by Gasteiger charge is -2.17. The van der Waals surface area contributed by atoms with E-state index in [1.54, 1.807) is 17.3 Å². The number of allylic oxidation sites excluding steroid dienone is 1. The number of hydrogen-bond donors (Lipinski definition) is 3. The maximum atomic E-state index is 12.9. The van der Waals surface area contributed by atoms with Gasteiger partial charge >= 0.3 is 6.18 Å². The summed E-state index contributed by atoms with van der Waals surface area (Å²) in [5.74, 6) is -0.197. The van der Waals surface area contributed by atoms with Crippen LogP contribution in [0.4, 0.5) is 24.5 Å². The van der Waals surface area contributed by atoms with Crippen LogP contribution >= 0.6 is 0 Å². The Hall–Kier alpha value is -3.67. The second-order valence-corrected chi connectivity index (χ2v) is 8.34. The van der Waals surface area contributed by atoms with Gasteiger partial charge in [-0.25, -0.2) is 5.01 Å². The lowest BCUT2D eigenvalue weighted by Crippen LogP contribution is -2.32. The second kappa shape index (κ2) is 10.5. The van der Waals surface area contributed by atoms with E-state index in [4.69, 9.17) is 4.74 Å². The molecule has 1 saturated heterocycles. The highest BCUT2D eigenvalue weighted by molar-refractivity contribution is 6.02. The molecule has 0 aliphatic carbocycles. The molecule has 0 spiro atoms. The molecule has 0 saturated carbocycles. The molecule has 2 heterocycles. The van der Waals surface area contributed by atoms with Gasteiger partial charge in [-0.2, -0.15) is 18.3 Å². The van der Waals surface area contributed by atoms with Gasteiger partial charge < -0.3 is 20.1 Å². The van der Waals surface area contributed by atoms with Crippen molar-refractivity contribution in [1.29, 1.82) is 0 Å². The first-order valence-electron chi connectivity index (χ1n) is 11.2. The fourth-order valence-corrected chi connectivity index (χ4v) is 3.90. The van der Waals surface area contributed by atoms with Crippen molar-refractivity contribution >= 4 is 40.5 Å². The maximum Gasteiger partial charge on any atom is 0.416 e. The van der Waals surface area contributed by atoms with Gasteiger partial charge in [-0.15, -0.1) is 0 Å². The number of hydrazone groups is 1. The summed E-state index contributed by atoms with van der Waals surface area (Å²) < 4.78 is 43.7. The van der Waals surface area contributed by atoms with Crippen LogP contribution < -0.4 is 10.3 Å². The average molecular weight is 502 g/mol. The van der Waals surface area contributed by atoms with Crippen LogP contribution in [-0.4, -0.2) is 53.7 Å². The highest BCUT2D eigenvalue weighted by atomic mass is 19.4. The minimum absolute atomic E-state index is 0.193. The number of carbonyl (C=O) groups is 1. The number of halogens is 3. The van der Waals surface area contributed by atoms with Gasteiger partial charge in [0, 0.05) is 49.5 Å². The first-order valence-corrected chi connectivity index (χ1v) is 11.2. The molecule has 1 fully saturated rings. The Morgan fingerprint density at radius 2 is 2.08 bits per heavy atom. The zero-order valence-corrected chi connectivity index (χ0v) is 19.5. The van der Waals surface area contributed by atoms with Crippen molar-refractivity contribution in [1.82, 2.24) is 9.88 Å². The Kier molecular flexibility index (Phi) is 7.43. The number of fused-ring (bicyclic) bond motifs is 1. The highest BCUT2D eigenvalue weighted by Gasteiger charge is 2.30. The number of amides is 1. The molecule has 1 aliphatic heterocycles. The molecule has 11 heteroatoms. The number of alkyl halides is 3. The molecule has 8 nitrogen and oxygen atoms in total. The molecule has 36 heavy (non-hydrogen) atoms. The molecule has 0 radical (unpaired) electrons. The fraction of sp³-hybridized carbons (Fsp3) is 0.280. The Morgan fingerprint density at radius 3 is 2.72 bits per heavy atom. The normalized spacial score (nSPS) is 16.9. The number of hydrogen-bond acceptors (Lipinski definition) is 6. The van der Waals surface area contributed by atoms with Crippen LogP contribution in [0.15, 0.2) is 60.0 Å². The van der Waals surface area contributed by atoms with E-state index in [1.165, 1.54) is 17.1 Å². The standard InChI is InChI=1S/C25H26F3N5O3/c1-16(15-33(29-2)19-6-4-18(5-7-19)25(26,27)28)17-3-8-21-20(13-17)22(14-30-21)31-23(34)9-10-32-11-12-36-24(32)35/h3-8,13-15,24,30,35H,2,9-12H2,1H3,(H,31,34)/b16-15+. The van der Waals surface area contributed by atoms with E-state index in [9.17, 15) is 23.1 Å². The number of aliphatic hydroxyl groups is 1. The molecule has 1 aliphatic rings. The van der Waals surface area contributed by atoms with Gasteiger partial charge in [0.15, 0.2) is 0 Å². The molecule has 1 amide bonds. The van der Waals surface area contributed by atoms with Gasteiger partial charge in [0.2, 0.25) is 12.3 Å². The number of rotatable bonds is 8. The third kappa shape index (κ3) is 5.76. The quantitative estimate of drug-likeness (QED) is 0.310. The molecule has 1 atom stereocenters. The molecule has 4 rings (SSSR count). The van der Waals surface area contributed by atoms with E-state index < -0.39 is 18.2 Å². The van der Waals surface area contributed by atoms with Gasteiger partial charge in [-0.3, -0.25) is 9.69 Å². The van der Waals surface area contributed by atoms with Crippen LogP contribution in [0, 0.1) is 0 Å². The van der Waals surface area contributed by atoms with Crippen molar-refractivity contribution < 1.29 is 27.8 Å². The van der Waals surface area contributed by atoms with E-state index >= 15 is 0 Å². The minimum Gasteiger partial charge on any atom is -0.359 e. The van der Waals surface area contributed by atoms with Crippen molar-refractivity contribution in [2.24, 2.45) is 5.10 Å². The summed E-state index contributed by atoms with van der Waals surface area (Å²) in [6, 6.07) is 10.3. The predicted molar refractivity (Wildman–Crippen MR) is 132 cm³/mol. The molecular weight excluding hydrogens is 475 g/mol. The summed E-state index contributed by atoms with van der Waals surface area (Å²) in [4.78, 5) is 17.3. The molecular formula is C25H26F3N5O3. The third-order valence-electron chi connectivity index (χ3n) is 5.92. The predicted octanol–water partition coefficient (Wildman–Crippen LogP) is 4.61. The van der Waals surface area contributed by atoms with Crippen molar-refractivity contribution in [3.8, 4) is 0 Å². The van der Waals surface area contributed by atoms with E-state index in [1.807, 2.05) is 25.1 Å². The van der Waals surface area contributed by atoms with Crippen molar-refractivity contribution in [3.63, 3.8) is 0 Å². The van der Waals surface area contributed by atoms with Crippen molar-refractivity contribution in [2.75, 3.05) is 30.0 Å². The topological polar surface area (TPSA) is 93.2 Å². The van der Waals surface area contributed by atoms with E-state index in [0.29, 0.717) is 31.1 Å². The number of benzene rings is 2. The van der Waals surface area contributed by atoms with E-state index in [-0.39, 0.29) is 12.3 Å². The number of aromatic amines is 1. The van der Waals surface area contributed by atoms with Gasteiger partial charge in [-0.05, 0) is 54.5 Å². The smallest absolute Gasteiger partial charge is 0.359 e. The molecule has 0 bridgehead atoms. The third-order valence-corrected chi connectivity index (χ3v) is 5.92. The Labute approximate surface area is 205 Å². The molecule has 190 valence electrons. The Balaban J connectivity index is 1.49. The number of nitrogens with zero attached hydrogens (tertiary/aromatic N) is 3. The number of ether oxygens (including phenoxy) is 1. The van der Waals surface area contributed by atoms with Crippen molar-refractivity contribution in [3.05, 3.63) is 66.0 Å². The van der Waals surface area contributed by atoms with E-state index in [2.05, 4.69) is 22.1 Å². The summed E-state index contributed by atoms with van der Waals surface area (Å²) in [7, 11) is 0. The van der Waals surface area contributed by atoms with Gasteiger partial charge in [0.1, 0.15) is 0 Å². The van der Waals surface area contributed by atoms with Crippen LogP contribution in [0.3, 0.4) is 0 Å². The van der Waals surface area contributed by atoms with Crippen LogP contribution in [0.25, 0.3) is 16.5 Å². The number of aliphatic hydroxyl groups excluding tert-OH is 1. The summed E-state index contributed by atoms with van der Waals surface area (Å²) in [5.41, 5.74) is 2.74. The molecule has 1 unspecified atom stereocenters. The molecule has 1 aromatic heterocycles. The summed E-state index contributed by atoms with van der Waals surface area (Å²) in [6.07, 6.45) is -1.82. The molecule has 3 aromatic rings. The van der Waals surface area contributed by atoms with Crippen molar-refractivity contribution in [2.45, 2.75) is 25.9 Å². The van der Waals surface area contributed by atoms with Gasteiger partial charge in [-0.1, -0.05) is 6.07 Å². The molecule has 2 aromatic carbocycles. The SMILES string of the molecule is C=NN(/C=C(\C)c1ccc2[nH]cc(NC(=O)CCN3CCOC3O)c2c1)c1ccc(C(F)(F)F)cc1. The zero-order valence-electron chi connectivity index (χ0n) is 19.5. The van der Waals surface area contributed by atoms with Crippen LogP contribution in [-0.2, 0) is 15.7 Å². The Morgan fingerprint density at radius 1 is 1.33 bits per heavy atom. The monoisotopic (exact) mass is 501 g/mol.